The summed E-state index contributed by atoms with van der Waals surface area (Å²) in [6, 6.07) is 21.3. The number of nitriles is 1. The summed E-state index contributed by atoms with van der Waals surface area (Å²) in [6.07, 6.45) is 0. The molecule has 0 aliphatic carbocycles. The van der Waals surface area contributed by atoms with Crippen LogP contribution in [0.3, 0.4) is 0 Å². The van der Waals surface area contributed by atoms with Crippen molar-refractivity contribution in [3.63, 3.8) is 0 Å². The summed E-state index contributed by atoms with van der Waals surface area (Å²) in [5.74, 6) is 0. The molecule has 0 aromatic heterocycles. The Kier molecular flexibility index (Phi) is 6.08. The number of nitrogens with one attached hydrogen (secondary N) is 1. The fourth-order valence-electron chi connectivity index (χ4n) is 4.11. The molecule has 3 rings (SSSR count). The van der Waals surface area contributed by atoms with E-state index in [9.17, 15) is 9.83 Å². The molecular formula is C25H27N2OP. The van der Waals surface area contributed by atoms with E-state index >= 15 is 0 Å². The lowest BCUT2D eigenvalue weighted by atomic mass is 10.0. The lowest BCUT2D eigenvalue weighted by molar-refractivity contribution is 0.573. The molecule has 0 fully saturated rings. The van der Waals surface area contributed by atoms with Crippen molar-refractivity contribution < 1.29 is 4.57 Å². The predicted molar refractivity (Wildman–Crippen MR) is 121 cm³/mol. The molecule has 0 amide bonds. The van der Waals surface area contributed by atoms with Crippen LogP contribution in [0.2, 0.25) is 0 Å². The molecule has 3 aromatic carbocycles. The molecule has 4 heteroatoms. The number of benzene rings is 3. The van der Waals surface area contributed by atoms with Crippen LogP contribution in [0, 0.1) is 45.9 Å². The van der Waals surface area contributed by atoms with Gasteiger partial charge in [0.2, 0.25) is 7.29 Å². The summed E-state index contributed by atoms with van der Waals surface area (Å²) in [5, 5.41) is 14.9. The van der Waals surface area contributed by atoms with Gasteiger partial charge < -0.3 is 0 Å². The van der Waals surface area contributed by atoms with Gasteiger partial charge in [-0.15, -0.1) is 0 Å². The van der Waals surface area contributed by atoms with Crippen LogP contribution in [0.15, 0.2) is 60.7 Å². The standard InChI is InChI=1S/C25H27N2OP/c1-17-10-6-7-15-22(17)23(16-26)27-29(28,24-18(2)11-8-12-19(24)3)25-20(4)13-9-14-21(25)5/h6-15,23H,1-5H3,(H,27,28)/t23-/m0/s1. The maximum atomic E-state index is 14.9. The van der Waals surface area contributed by atoms with E-state index in [1.54, 1.807) is 0 Å². The molecule has 0 saturated heterocycles. The minimum atomic E-state index is -3.30. The highest BCUT2D eigenvalue weighted by Gasteiger charge is 2.36. The van der Waals surface area contributed by atoms with Crippen LogP contribution in [0.4, 0.5) is 0 Å². The Hall–Kier alpha value is -2.66. The molecule has 0 bridgehead atoms. The molecule has 0 unspecified atom stereocenters. The molecule has 148 valence electrons. The first-order valence-corrected chi connectivity index (χ1v) is 11.5. The van der Waals surface area contributed by atoms with Gasteiger partial charge in [0.1, 0.15) is 6.04 Å². The van der Waals surface area contributed by atoms with Crippen LogP contribution in [-0.4, -0.2) is 0 Å². The van der Waals surface area contributed by atoms with Crippen molar-refractivity contribution in [3.05, 3.63) is 94.0 Å². The van der Waals surface area contributed by atoms with Gasteiger partial charge in [-0.2, -0.15) is 5.26 Å². The first-order chi connectivity index (χ1) is 13.8. The smallest absolute Gasteiger partial charge is 0.207 e. The molecule has 1 N–H and O–H groups in total. The van der Waals surface area contributed by atoms with Crippen LogP contribution < -0.4 is 15.7 Å². The van der Waals surface area contributed by atoms with E-state index < -0.39 is 13.3 Å². The summed E-state index contributed by atoms with van der Waals surface area (Å²) < 4.78 is 14.9. The molecular weight excluding hydrogens is 375 g/mol. The predicted octanol–water partition coefficient (Wildman–Crippen LogP) is 5.31. The summed E-state index contributed by atoms with van der Waals surface area (Å²) in [6.45, 7) is 9.92. The van der Waals surface area contributed by atoms with Gasteiger partial charge >= 0.3 is 0 Å². The number of hydrogen-bond acceptors (Lipinski definition) is 2. The summed E-state index contributed by atoms with van der Waals surface area (Å²) in [5.41, 5.74) is 5.71. The van der Waals surface area contributed by atoms with Gasteiger partial charge in [0.25, 0.3) is 0 Å². The first-order valence-electron chi connectivity index (χ1n) is 9.76. The zero-order chi connectivity index (χ0) is 21.2. The molecule has 0 heterocycles. The third-order valence-corrected chi connectivity index (χ3v) is 8.74. The second-order valence-corrected chi connectivity index (χ2v) is 10.0. The Labute approximate surface area is 173 Å². The van der Waals surface area contributed by atoms with Crippen molar-refractivity contribution in [1.82, 2.24) is 5.09 Å². The number of hydrogen-bond donors (Lipinski definition) is 1. The quantitative estimate of drug-likeness (QED) is 0.588. The van der Waals surface area contributed by atoms with Crippen LogP contribution in [0.1, 0.15) is 39.4 Å². The molecule has 3 nitrogen and oxygen atoms in total. The van der Waals surface area contributed by atoms with E-state index in [1.807, 2.05) is 95.3 Å². The Morgan fingerprint density at radius 2 is 1.14 bits per heavy atom. The average Bonchev–Trinajstić information content (AvgIpc) is 2.66. The Balaban J connectivity index is 2.29. The van der Waals surface area contributed by atoms with Gasteiger partial charge in [0.05, 0.1) is 6.07 Å². The third-order valence-electron chi connectivity index (χ3n) is 5.45. The Morgan fingerprint density at radius 3 is 1.55 bits per heavy atom. The SMILES string of the molecule is Cc1ccccc1[C@H](C#N)NP(=O)(c1c(C)cccc1C)c1c(C)cccc1C. The number of aryl methyl sites for hydroxylation is 5. The van der Waals surface area contributed by atoms with Gasteiger partial charge in [0, 0.05) is 10.6 Å². The molecule has 29 heavy (non-hydrogen) atoms. The molecule has 3 aromatic rings. The summed E-state index contributed by atoms with van der Waals surface area (Å²) >= 11 is 0. The summed E-state index contributed by atoms with van der Waals surface area (Å²) in [4.78, 5) is 0. The van der Waals surface area contributed by atoms with Crippen LogP contribution >= 0.6 is 7.29 Å². The minimum absolute atomic E-state index is 0.681. The molecule has 0 aliphatic heterocycles. The van der Waals surface area contributed by atoms with E-state index in [2.05, 4.69) is 11.2 Å². The highest BCUT2D eigenvalue weighted by molar-refractivity contribution is 7.77. The van der Waals surface area contributed by atoms with Crippen LogP contribution in [-0.2, 0) is 4.57 Å². The number of nitrogens with zero attached hydrogens (tertiary/aromatic N) is 1. The largest absolute Gasteiger partial charge is 0.296 e. The fourth-order valence-corrected chi connectivity index (χ4v) is 7.43. The molecule has 0 aliphatic rings. The zero-order valence-electron chi connectivity index (χ0n) is 17.7. The Morgan fingerprint density at radius 1 is 0.724 bits per heavy atom. The number of rotatable bonds is 5. The van der Waals surface area contributed by atoms with Gasteiger partial charge in [-0.3, -0.25) is 4.57 Å². The van der Waals surface area contributed by atoms with Gasteiger partial charge in [0.15, 0.2) is 0 Å². The van der Waals surface area contributed by atoms with Gasteiger partial charge in [-0.25, -0.2) is 5.09 Å². The van der Waals surface area contributed by atoms with E-state index in [0.29, 0.717) is 0 Å². The molecule has 0 saturated carbocycles. The monoisotopic (exact) mass is 402 g/mol. The van der Waals surface area contributed by atoms with Crippen molar-refractivity contribution in [1.29, 1.82) is 5.26 Å². The Bertz CT molecular complexity index is 1050. The van der Waals surface area contributed by atoms with Crippen molar-refractivity contribution in [2.45, 2.75) is 40.7 Å². The van der Waals surface area contributed by atoms with Crippen LogP contribution in [0.5, 0.6) is 0 Å². The maximum absolute atomic E-state index is 14.9. The second kappa shape index (κ2) is 8.37. The first kappa shape index (κ1) is 21.1. The van der Waals surface area contributed by atoms with Crippen molar-refractivity contribution >= 4 is 17.9 Å². The van der Waals surface area contributed by atoms with E-state index in [-0.39, 0.29) is 0 Å². The highest BCUT2D eigenvalue weighted by atomic mass is 31.2. The van der Waals surface area contributed by atoms with Crippen molar-refractivity contribution in [2.75, 3.05) is 0 Å². The van der Waals surface area contributed by atoms with Gasteiger partial charge in [-0.05, 0) is 68.0 Å². The van der Waals surface area contributed by atoms with E-state index in [4.69, 9.17) is 0 Å². The third kappa shape index (κ3) is 3.92. The zero-order valence-corrected chi connectivity index (χ0v) is 18.5. The topological polar surface area (TPSA) is 52.9 Å². The molecule has 1 atom stereocenters. The fraction of sp³-hybridized carbons (Fsp3) is 0.240. The van der Waals surface area contributed by atoms with Crippen LogP contribution in [0.25, 0.3) is 0 Å². The maximum Gasteiger partial charge on any atom is 0.207 e. The lowest BCUT2D eigenvalue weighted by Crippen LogP contribution is -2.35. The van der Waals surface area contributed by atoms with E-state index in [1.165, 1.54) is 0 Å². The van der Waals surface area contributed by atoms with E-state index in [0.717, 1.165) is 44.0 Å². The van der Waals surface area contributed by atoms with Crippen molar-refractivity contribution in [3.8, 4) is 6.07 Å². The highest BCUT2D eigenvalue weighted by Crippen LogP contribution is 2.45. The molecule has 0 radical (unpaired) electrons. The lowest BCUT2D eigenvalue weighted by Gasteiger charge is -2.29. The molecule has 0 spiro atoms. The minimum Gasteiger partial charge on any atom is -0.296 e. The summed E-state index contributed by atoms with van der Waals surface area (Å²) in [7, 11) is -3.30. The normalized spacial score (nSPS) is 12.4. The second-order valence-electron chi connectivity index (χ2n) is 7.64. The average molecular weight is 402 g/mol. The van der Waals surface area contributed by atoms with Crippen molar-refractivity contribution in [2.24, 2.45) is 0 Å². The van der Waals surface area contributed by atoms with Gasteiger partial charge in [-0.1, -0.05) is 60.7 Å².